The van der Waals surface area contributed by atoms with Crippen LogP contribution in [0.5, 0.6) is 0 Å². The fourth-order valence-electron chi connectivity index (χ4n) is 1.71. The van der Waals surface area contributed by atoms with Gasteiger partial charge in [0.1, 0.15) is 12.6 Å². The van der Waals surface area contributed by atoms with Gasteiger partial charge in [-0.15, -0.1) is 0 Å². The third-order valence-electron chi connectivity index (χ3n) is 2.87. The summed E-state index contributed by atoms with van der Waals surface area (Å²) in [5.74, 6) is -1.20. The van der Waals surface area contributed by atoms with Crippen molar-refractivity contribution in [2.45, 2.75) is 32.8 Å². The van der Waals surface area contributed by atoms with Crippen LogP contribution in [0.3, 0.4) is 0 Å². The van der Waals surface area contributed by atoms with Gasteiger partial charge in [0.2, 0.25) is 0 Å². The maximum atomic E-state index is 11.1. The molecule has 0 saturated heterocycles. The van der Waals surface area contributed by atoms with E-state index >= 15 is 0 Å². The van der Waals surface area contributed by atoms with Gasteiger partial charge < -0.3 is 14.7 Å². The molecule has 0 aliphatic carbocycles. The molecule has 0 saturated carbocycles. The molecule has 2 N–H and O–H groups in total. The summed E-state index contributed by atoms with van der Waals surface area (Å²) < 4.78 is 0.575. The maximum Gasteiger partial charge on any atom is 0.309 e. The topological polar surface area (TPSA) is 57.5 Å². The highest BCUT2D eigenvalue weighted by molar-refractivity contribution is 5.70. The zero-order valence-corrected chi connectivity index (χ0v) is 11.1. The van der Waals surface area contributed by atoms with Crippen LogP contribution in [0.4, 0.5) is 0 Å². The zero-order valence-electron chi connectivity index (χ0n) is 11.1. The van der Waals surface area contributed by atoms with E-state index in [-0.39, 0.29) is 0 Å². The highest BCUT2D eigenvalue weighted by Gasteiger charge is 2.31. The van der Waals surface area contributed by atoms with Crippen LogP contribution < -0.4 is 0 Å². The second-order valence-electron chi connectivity index (χ2n) is 5.73. The average molecular weight is 232 g/mol. The second-order valence-corrected chi connectivity index (χ2v) is 5.73. The Hall–Kier alpha value is -0.610. The van der Waals surface area contributed by atoms with Gasteiger partial charge in [-0.1, -0.05) is 20.3 Å². The van der Waals surface area contributed by atoms with Gasteiger partial charge in [-0.25, -0.2) is 0 Å². The first-order valence-corrected chi connectivity index (χ1v) is 5.88. The van der Waals surface area contributed by atoms with E-state index in [1.165, 1.54) is 0 Å². The van der Waals surface area contributed by atoms with Crippen molar-refractivity contribution in [3.63, 3.8) is 0 Å². The van der Waals surface area contributed by atoms with Crippen LogP contribution in [0.2, 0.25) is 0 Å². The van der Waals surface area contributed by atoms with Crippen molar-refractivity contribution >= 4 is 5.97 Å². The van der Waals surface area contributed by atoms with E-state index in [0.717, 1.165) is 6.42 Å². The van der Waals surface area contributed by atoms with Gasteiger partial charge in [0.25, 0.3) is 0 Å². The molecule has 0 aliphatic heterocycles. The maximum absolute atomic E-state index is 11.1. The van der Waals surface area contributed by atoms with E-state index < -0.39 is 18.0 Å². The van der Waals surface area contributed by atoms with Crippen molar-refractivity contribution in [1.29, 1.82) is 0 Å². The Labute approximate surface area is 98.5 Å². The number of hydrogen-bond donors (Lipinski definition) is 2. The normalized spacial score (nSPS) is 17.9. The molecule has 4 heteroatoms. The molecule has 3 atom stereocenters. The lowest BCUT2D eigenvalue weighted by Gasteiger charge is -2.30. The quantitative estimate of drug-likeness (QED) is 0.648. The smallest absolute Gasteiger partial charge is 0.309 e. The van der Waals surface area contributed by atoms with Gasteiger partial charge in [0.15, 0.2) is 0 Å². The largest absolute Gasteiger partial charge is 0.481 e. The summed E-state index contributed by atoms with van der Waals surface area (Å²) in [7, 11) is 5.85. The molecular formula is C12H26NO3+. The highest BCUT2D eigenvalue weighted by atomic mass is 16.4. The molecule has 16 heavy (non-hydrogen) atoms. The Balaban J connectivity index is 4.47. The fraction of sp³-hybridized carbons (Fsp3) is 0.917. The van der Waals surface area contributed by atoms with Crippen LogP contribution in [0.1, 0.15) is 26.7 Å². The number of likely N-dealkylation sites (N-methyl/N-ethyl adjacent to an activating group) is 1. The van der Waals surface area contributed by atoms with Crippen LogP contribution in [0.25, 0.3) is 0 Å². The van der Waals surface area contributed by atoms with Crippen LogP contribution in [0, 0.1) is 11.8 Å². The SMILES string of the molecule is CCC(C)CC(C(=O)O)C(O)C[N+](C)(C)C. The summed E-state index contributed by atoms with van der Waals surface area (Å²) in [6.07, 6.45) is 0.722. The molecule has 0 bridgehead atoms. The number of carboxylic acids is 1. The molecule has 0 radical (unpaired) electrons. The van der Waals surface area contributed by atoms with E-state index in [0.29, 0.717) is 23.4 Å². The first-order valence-electron chi connectivity index (χ1n) is 5.88. The molecule has 96 valence electrons. The van der Waals surface area contributed by atoms with E-state index in [9.17, 15) is 9.90 Å². The monoisotopic (exact) mass is 232 g/mol. The first kappa shape index (κ1) is 15.4. The summed E-state index contributed by atoms with van der Waals surface area (Å²) >= 11 is 0. The summed E-state index contributed by atoms with van der Waals surface area (Å²) in [5.41, 5.74) is 0. The van der Waals surface area contributed by atoms with Crippen molar-refractivity contribution in [2.24, 2.45) is 11.8 Å². The van der Waals surface area contributed by atoms with Crippen LogP contribution in [-0.2, 0) is 4.79 Å². The minimum atomic E-state index is -0.888. The van der Waals surface area contributed by atoms with Gasteiger partial charge in [-0.2, -0.15) is 0 Å². The molecule has 0 aromatic rings. The number of aliphatic carboxylic acids is 1. The number of quaternary nitrogens is 1. The van der Waals surface area contributed by atoms with E-state index in [1.54, 1.807) is 0 Å². The number of aliphatic hydroxyl groups is 1. The first-order chi connectivity index (χ1) is 7.17. The molecule has 0 aromatic carbocycles. The van der Waals surface area contributed by atoms with Crippen LogP contribution in [-0.4, -0.2) is 54.5 Å². The van der Waals surface area contributed by atoms with Gasteiger partial charge in [-0.3, -0.25) is 4.79 Å². The molecule has 0 aromatic heterocycles. The minimum absolute atomic E-state index is 0.336. The molecule has 0 heterocycles. The van der Waals surface area contributed by atoms with Crippen molar-refractivity contribution in [2.75, 3.05) is 27.7 Å². The molecule has 0 amide bonds. The number of carboxylic acid groups (broad SMARTS) is 1. The Kier molecular flexibility index (Phi) is 5.97. The molecule has 0 spiro atoms. The Morgan fingerprint density at radius 2 is 1.81 bits per heavy atom. The zero-order chi connectivity index (χ0) is 12.9. The van der Waals surface area contributed by atoms with Crippen molar-refractivity contribution in [3.8, 4) is 0 Å². The Morgan fingerprint density at radius 1 is 1.31 bits per heavy atom. The lowest BCUT2D eigenvalue weighted by Crippen LogP contribution is -2.46. The third kappa shape index (κ3) is 6.08. The summed E-state index contributed by atoms with van der Waals surface area (Å²) in [6.45, 7) is 4.53. The molecular weight excluding hydrogens is 206 g/mol. The van der Waals surface area contributed by atoms with Crippen molar-refractivity contribution in [3.05, 3.63) is 0 Å². The molecule has 3 unspecified atom stereocenters. The average Bonchev–Trinajstić information content (AvgIpc) is 2.09. The third-order valence-corrected chi connectivity index (χ3v) is 2.87. The van der Waals surface area contributed by atoms with E-state index in [4.69, 9.17) is 5.11 Å². The van der Waals surface area contributed by atoms with E-state index in [2.05, 4.69) is 0 Å². The van der Waals surface area contributed by atoms with Gasteiger partial charge in [0.05, 0.1) is 27.1 Å². The predicted molar refractivity (Wildman–Crippen MR) is 64.1 cm³/mol. The molecule has 0 rings (SSSR count). The predicted octanol–water partition coefficient (Wildman–Crippen LogP) is 1.19. The number of aliphatic hydroxyl groups excluding tert-OH is 1. The Bertz CT molecular complexity index is 223. The number of rotatable bonds is 7. The standard InChI is InChI=1S/C12H25NO3/c1-6-9(2)7-10(12(15)16)11(14)8-13(3,4)5/h9-11,14H,6-8H2,1-5H3/p+1. The van der Waals surface area contributed by atoms with Crippen molar-refractivity contribution < 1.29 is 19.5 Å². The lowest BCUT2D eigenvalue weighted by molar-refractivity contribution is -0.874. The van der Waals surface area contributed by atoms with Crippen LogP contribution in [0.15, 0.2) is 0 Å². The molecule has 4 nitrogen and oxygen atoms in total. The summed E-state index contributed by atoms with van der Waals surface area (Å²) in [4.78, 5) is 11.1. The minimum Gasteiger partial charge on any atom is -0.481 e. The summed E-state index contributed by atoms with van der Waals surface area (Å²) in [5, 5.41) is 19.1. The van der Waals surface area contributed by atoms with Crippen molar-refractivity contribution in [1.82, 2.24) is 0 Å². The number of carbonyl (C=O) groups is 1. The lowest BCUT2D eigenvalue weighted by atomic mass is 9.89. The fourth-order valence-corrected chi connectivity index (χ4v) is 1.71. The van der Waals surface area contributed by atoms with Crippen LogP contribution >= 0.6 is 0 Å². The van der Waals surface area contributed by atoms with E-state index in [1.807, 2.05) is 35.0 Å². The van der Waals surface area contributed by atoms with Gasteiger partial charge in [0, 0.05) is 0 Å². The number of nitrogens with zero attached hydrogens (tertiary/aromatic N) is 1. The van der Waals surface area contributed by atoms with Gasteiger partial charge >= 0.3 is 5.97 Å². The Morgan fingerprint density at radius 3 is 2.12 bits per heavy atom. The number of hydrogen-bond acceptors (Lipinski definition) is 2. The highest BCUT2D eigenvalue weighted by Crippen LogP contribution is 2.20. The second kappa shape index (κ2) is 6.21. The summed E-state index contributed by atoms with van der Waals surface area (Å²) in [6, 6.07) is 0. The molecule has 0 fully saturated rings. The molecule has 0 aliphatic rings. The van der Waals surface area contributed by atoms with Gasteiger partial charge in [-0.05, 0) is 12.3 Å².